The summed E-state index contributed by atoms with van der Waals surface area (Å²) in [4.78, 5) is 25.5. The molecule has 0 fully saturated rings. The van der Waals surface area contributed by atoms with Crippen molar-refractivity contribution in [2.75, 3.05) is 6.61 Å². The Bertz CT molecular complexity index is 632. The van der Waals surface area contributed by atoms with Crippen molar-refractivity contribution < 1.29 is 19.4 Å². The summed E-state index contributed by atoms with van der Waals surface area (Å²) in [6.45, 7) is 7.22. The van der Waals surface area contributed by atoms with E-state index in [0.29, 0.717) is 5.57 Å². The minimum atomic E-state index is -1.42. The molecule has 0 aromatic heterocycles. The quantitative estimate of drug-likeness (QED) is 0.684. The molecule has 4 heteroatoms. The molecular weight excluding hydrogens is 280 g/mol. The second-order valence-electron chi connectivity index (χ2n) is 5.77. The third-order valence-corrected chi connectivity index (χ3v) is 5.07. The SMILES string of the molecule is CCOC(=O)[C@@]1(CC)C(=O)C(O)=C(C)[C@]1(C)c1ccccc1. The molecule has 1 aromatic rings. The summed E-state index contributed by atoms with van der Waals surface area (Å²) < 4.78 is 5.21. The van der Waals surface area contributed by atoms with E-state index in [2.05, 4.69) is 0 Å². The van der Waals surface area contributed by atoms with Crippen molar-refractivity contribution in [3.05, 3.63) is 47.2 Å². The first-order valence-corrected chi connectivity index (χ1v) is 7.55. The van der Waals surface area contributed by atoms with E-state index in [4.69, 9.17) is 4.74 Å². The second kappa shape index (κ2) is 5.59. The van der Waals surface area contributed by atoms with Gasteiger partial charge in [-0.25, -0.2) is 0 Å². The van der Waals surface area contributed by atoms with E-state index in [-0.39, 0.29) is 18.8 Å². The lowest BCUT2D eigenvalue weighted by Crippen LogP contribution is -2.51. The summed E-state index contributed by atoms with van der Waals surface area (Å²) in [6.07, 6.45) is 0.261. The Morgan fingerprint density at radius 1 is 1.23 bits per heavy atom. The van der Waals surface area contributed by atoms with Crippen LogP contribution in [0.5, 0.6) is 0 Å². The molecule has 1 aliphatic rings. The average molecular weight is 302 g/mol. The van der Waals surface area contributed by atoms with E-state index in [0.717, 1.165) is 5.56 Å². The minimum absolute atomic E-state index is 0.193. The molecule has 1 aromatic carbocycles. The monoisotopic (exact) mass is 302 g/mol. The fourth-order valence-corrected chi connectivity index (χ4v) is 3.60. The fraction of sp³-hybridized carbons (Fsp3) is 0.444. The number of aliphatic hydroxyl groups excluding tert-OH is 1. The summed E-state index contributed by atoms with van der Waals surface area (Å²) in [6, 6.07) is 9.34. The predicted molar refractivity (Wildman–Crippen MR) is 83.5 cm³/mol. The summed E-state index contributed by atoms with van der Waals surface area (Å²) in [5.41, 5.74) is -1.01. The molecule has 0 heterocycles. The predicted octanol–water partition coefficient (Wildman–Crippen LogP) is 3.32. The standard InChI is InChI=1S/C18H22O4/c1-5-18(16(21)22-6-2)15(20)14(19)12(3)17(18,4)13-10-8-7-9-11-13/h7-11,19H,5-6H2,1-4H3/t17-,18-/m1/s1. The first-order valence-electron chi connectivity index (χ1n) is 7.55. The maximum Gasteiger partial charge on any atom is 0.321 e. The van der Waals surface area contributed by atoms with Gasteiger partial charge in [0.25, 0.3) is 0 Å². The Kier molecular flexibility index (Phi) is 4.14. The van der Waals surface area contributed by atoms with Crippen LogP contribution in [-0.4, -0.2) is 23.5 Å². The zero-order valence-corrected chi connectivity index (χ0v) is 13.5. The third-order valence-electron chi connectivity index (χ3n) is 5.07. The third kappa shape index (κ3) is 1.83. The van der Waals surface area contributed by atoms with Crippen LogP contribution in [0.3, 0.4) is 0 Å². The van der Waals surface area contributed by atoms with Gasteiger partial charge in [0.2, 0.25) is 5.78 Å². The normalized spacial score (nSPS) is 28.1. The minimum Gasteiger partial charge on any atom is -0.504 e. The van der Waals surface area contributed by atoms with Crippen molar-refractivity contribution in [3.8, 4) is 0 Å². The molecule has 0 spiro atoms. The highest BCUT2D eigenvalue weighted by Crippen LogP contribution is 2.56. The molecule has 0 unspecified atom stereocenters. The van der Waals surface area contributed by atoms with E-state index in [1.54, 1.807) is 20.8 Å². The van der Waals surface area contributed by atoms with Gasteiger partial charge in [0.1, 0.15) is 5.41 Å². The van der Waals surface area contributed by atoms with Crippen LogP contribution in [0.4, 0.5) is 0 Å². The molecule has 118 valence electrons. The van der Waals surface area contributed by atoms with Crippen LogP contribution in [0.15, 0.2) is 41.7 Å². The van der Waals surface area contributed by atoms with E-state index < -0.39 is 22.6 Å². The van der Waals surface area contributed by atoms with E-state index in [1.165, 1.54) is 0 Å². The molecule has 0 saturated heterocycles. The summed E-state index contributed by atoms with van der Waals surface area (Å²) in [7, 11) is 0. The van der Waals surface area contributed by atoms with Gasteiger partial charge in [-0.2, -0.15) is 0 Å². The molecular formula is C18H22O4. The zero-order valence-electron chi connectivity index (χ0n) is 13.5. The summed E-state index contributed by atoms with van der Waals surface area (Å²) in [5.74, 6) is -1.43. The van der Waals surface area contributed by atoms with Gasteiger partial charge in [-0.05, 0) is 31.4 Å². The van der Waals surface area contributed by atoms with Crippen LogP contribution >= 0.6 is 0 Å². The van der Waals surface area contributed by atoms with E-state index >= 15 is 0 Å². The smallest absolute Gasteiger partial charge is 0.321 e. The van der Waals surface area contributed by atoms with Gasteiger partial charge in [0.15, 0.2) is 5.76 Å². The summed E-state index contributed by atoms with van der Waals surface area (Å²) in [5, 5.41) is 10.3. The number of hydrogen-bond donors (Lipinski definition) is 1. The highest BCUT2D eigenvalue weighted by Gasteiger charge is 2.66. The molecule has 0 amide bonds. The Labute approximate surface area is 130 Å². The maximum absolute atomic E-state index is 12.8. The molecule has 2 atom stereocenters. The molecule has 1 aliphatic carbocycles. The molecule has 0 saturated carbocycles. The topological polar surface area (TPSA) is 63.6 Å². The van der Waals surface area contributed by atoms with Crippen molar-refractivity contribution in [2.45, 2.75) is 39.5 Å². The van der Waals surface area contributed by atoms with Crippen molar-refractivity contribution in [1.29, 1.82) is 0 Å². The number of rotatable bonds is 4. The van der Waals surface area contributed by atoms with Gasteiger partial charge in [0.05, 0.1) is 6.61 Å². The highest BCUT2D eigenvalue weighted by atomic mass is 16.5. The number of allylic oxidation sites excluding steroid dienone is 2. The molecule has 0 aliphatic heterocycles. The Morgan fingerprint density at radius 3 is 2.32 bits per heavy atom. The number of Topliss-reactive ketones (excluding diaryl/α,β-unsaturated/α-hetero) is 1. The first-order chi connectivity index (χ1) is 10.4. The lowest BCUT2D eigenvalue weighted by Gasteiger charge is -2.41. The zero-order chi connectivity index (χ0) is 16.5. The van der Waals surface area contributed by atoms with Crippen molar-refractivity contribution in [3.63, 3.8) is 0 Å². The Hall–Kier alpha value is -2.10. The molecule has 1 N–H and O–H groups in total. The highest BCUT2D eigenvalue weighted by molar-refractivity contribution is 6.16. The second-order valence-corrected chi connectivity index (χ2v) is 5.77. The number of ether oxygens (including phenoxy) is 1. The average Bonchev–Trinajstić information content (AvgIpc) is 2.69. The van der Waals surface area contributed by atoms with Crippen molar-refractivity contribution >= 4 is 11.8 Å². The Morgan fingerprint density at radius 2 is 1.82 bits per heavy atom. The molecule has 4 nitrogen and oxygen atoms in total. The molecule has 0 bridgehead atoms. The van der Waals surface area contributed by atoms with Crippen LogP contribution in [0.2, 0.25) is 0 Å². The number of esters is 1. The fourth-order valence-electron chi connectivity index (χ4n) is 3.60. The van der Waals surface area contributed by atoms with Gasteiger partial charge in [-0.3, -0.25) is 9.59 Å². The first kappa shape index (κ1) is 16.3. The van der Waals surface area contributed by atoms with Gasteiger partial charge in [0, 0.05) is 5.41 Å². The lowest BCUT2D eigenvalue weighted by molar-refractivity contribution is -0.162. The number of benzene rings is 1. The molecule has 22 heavy (non-hydrogen) atoms. The van der Waals surface area contributed by atoms with Crippen molar-refractivity contribution in [1.82, 2.24) is 0 Å². The number of carbonyl (C=O) groups excluding carboxylic acids is 2. The maximum atomic E-state index is 12.8. The Balaban J connectivity index is 2.76. The number of aliphatic hydroxyl groups is 1. The number of hydrogen-bond acceptors (Lipinski definition) is 4. The molecule has 0 radical (unpaired) electrons. The number of carbonyl (C=O) groups is 2. The van der Waals surface area contributed by atoms with Crippen LogP contribution in [0.1, 0.15) is 39.7 Å². The van der Waals surface area contributed by atoms with Crippen molar-refractivity contribution in [2.24, 2.45) is 5.41 Å². The van der Waals surface area contributed by atoms with Gasteiger partial charge < -0.3 is 9.84 Å². The van der Waals surface area contributed by atoms with Gasteiger partial charge >= 0.3 is 5.97 Å². The molecule has 2 rings (SSSR count). The van der Waals surface area contributed by atoms with Crippen LogP contribution in [0.25, 0.3) is 0 Å². The van der Waals surface area contributed by atoms with Crippen LogP contribution in [-0.2, 0) is 19.7 Å². The lowest BCUT2D eigenvalue weighted by atomic mass is 9.59. The van der Waals surface area contributed by atoms with Gasteiger partial charge in [-0.1, -0.05) is 44.2 Å². The summed E-state index contributed by atoms with van der Waals surface area (Å²) >= 11 is 0. The van der Waals surface area contributed by atoms with Crippen LogP contribution < -0.4 is 0 Å². The largest absolute Gasteiger partial charge is 0.504 e. The van der Waals surface area contributed by atoms with Gasteiger partial charge in [-0.15, -0.1) is 0 Å². The van der Waals surface area contributed by atoms with Crippen LogP contribution in [0, 0.1) is 5.41 Å². The number of ketones is 1. The van der Waals surface area contributed by atoms with E-state index in [1.807, 2.05) is 37.3 Å². The van der Waals surface area contributed by atoms with E-state index in [9.17, 15) is 14.7 Å².